The largest absolute Gasteiger partial charge is 1.00 e. The average molecular weight is 346 g/mol. The summed E-state index contributed by atoms with van der Waals surface area (Å²) in [5.74, 6) is -3.04. The number of phosphoric acid groups is 1. The maximum absolute atomic E-state index is 10.3. The molecule has 0 unspecified atom stereocenters. The Morgan fingerprint density at radius 3 is 1.30 bits per heavy atom. The van der Waals surface area contributed by atoms with Crippen molar-refractivity contribution in [3.05, 3.63) is 35.4 Å². The molecule has 12 heteroatoms. The van der Waals surface area contributed by atoms with Gasteiger partial charge < -0.3 is 34.5 Å². The molecule has 2 N–H and O–H groups in total. The molecule has 0 spiro atoms. The summed E-state index contributed by atoms with van der Waals surface area (Å²) in [7, 11) is -4.89. The molecule has 0 aliphatic rings. The molecule has 94 valence electrons. The summed E-state index contributed by atoms with van der Waals surface area (Å²) in [5, 5.41) is 20.6. The fraction of sp³-hybridized carbons (Fsp3) is 0. The van der Waals surface area contributed by atoms with E-state index in [0.29, 0.717) is 0 Å². The van der Waals surface area contributed by atoms with Crippen molar-refractivity contribution >= 4 is 19.8 Å². The quantitative estimate of drug-likeness (QED) is 0.394. The molecule has 0 saturated heterocycles. The number of carbonyl (C=O) groups is 2. The molecule has 1 aromatic carbocycles. The molecule has 0 heterocycles. The summed E-state index contributed by atoms with van der Waals surface area (Å²) >= 11 is 0. The summed E-state index contributed by atoms with van der Waals surface area (Å²) in [4.78, 5) is 43.6. The zero-order chi connectivity index (χ0) is 13.6. The van der Waals surface area contributed by atoms with Gasteiger partial charge in [-0.1, -0.05) is 24.3 Å². The SMILES string of the molecule is O=C([O-])c1ccccc1C(=O)[O-].O=P([O-])(O)O.[K+].[Na+].[Na+]. The van der Waals surface area contributed by atoms with Gasteiger partial charge >= 0.3 is 110 Å². The number of rotatable bonds is 2. The molecule has 0 aromatic heterocycles. The predicted octanol–water partition coefficient (Wildman–Crippen LogP) is -12.1. The van der Waals surface area contributed by atoms with Gasteiger partial charge in [-0.2, -0.15) is 0 Å². The van der Waals surface area contributed by atoms with Crippen LogP contribution in [0.4, 0.5) is 0 Å². The van der Waals surface area contributed by atoms with Crippen molar-refractivity contribution in [2.24, 2.45) is 0 Å². The molecule has 0 saturated carbocycles. The number of carboxylic acid groups (broad SMARTS) is 2. The van der Waals surface area contributed by atoms with Gasteiger partial charge in [-0.15, -0.1) is 0 Å². The van der Waals surface area contributed by atoms with E-state index < -0.39 is 19.8 Å². The summed E-state index contributed by atoms with van der Waals surface area (Å²) in [6, 6.07) is 5.14. The summed E-state index contributed by atoms with van der Waals surface area (Å²) < 4.78 is 8.77. The van der Waals surface area contributed by atoms with Crippen LogP contribution in [0.15, 0.2) is 24.3 Å². The minimum Gasteiger partial charge on any atom is -0.756 e. The zero-order valence-electron chi connectivity index (χ0n) is 11.1. The van der Waals surface area contributed by atoms with Crippen molar-refractivity contribution in [2.75, 3.05) is 0 Å². The Bertz CT molecular complexity index is 436. The van der Waals surface area contributed by atoms with E-state index in [1.165, 1.54) is 12.1 Å². The first-order chi connectivity index (χ1) is 7.63. The van der Waals surface area contributed by atoms with Gasteiger partial charge in [-0.3, -0.25) is 4.57 Å². The Balaban J connectivity index is -0.000000141. The van der Waals surface area contributed by atoms with Crippen molar-refractivity contribution < 1.29 is 150 Å². The van der Waals surface area contributed by atoms with Gasteiger partial charge in [0, 0.05) is 11.1 Å². The smallest absolute Gasteiger partial charge is 0.756 e. The Morgan fingerprint density at radius 2 is 1.15 bits per heavy atom. The first-order valence-electron chi connectivity index (χ1n) is 3.91. The molecule has 0 fully saturated rings. The molecule has 1 rings (SSSR count). The van der Waals surface area contributed by atoms with Crippen LogP contribution in [-0.4, -0.2) is 21.7 Å². The van der Waals surface area contributed by atoms with Crippen molar-refractivity contribution in [3.63, 3.8) is 0 Å². The fourth-order valence-corrected chi connectivity index (χ4v) is 0.839. The van der Waals surface area contributed by atoms with Crippen LogP contribution < -0.4 is 126 Å². The normalized spacial score (nSPS) is 8.55. The molecule has 0 radical (unpaired) electrons. The number of aromatic carboxylic acids is 2. The summed E-state index contributed by atoms with van der Waals surface area (Å²) in [6.07, 6.45) is 0. The van der Waals surface area contributed by atoms with Crippen LogP contribution in [0.2, 0.25) is 0 Å². The molecule has 0 amide bonds. The number of benzene rings is 1. The molecule has 0 aliphatic carbocycles. The second kappa shape index (κ2) is 14.5. The van der Waals surface area contributed by atoms with Gasteiger partial charge in [-0.05, 0) is 0 Å². The van der Waals surface area contributed by atoms with Gasteiger partial charge in [0.15, 0.2) is 0 Å². The van der Waals surface area contributed by atoms with E-state index in [1.54, 1.807) is 0 Å². The number of hydrogen-bond donors (Lipinski definition) is 2. The van der Waals surface area contributed by atoms with Crippen molar-refractivity contribution in [1.29, 1.82) is 0 Å². The van der Waals surface area contributed by atoms with E-state index in [0.717, 1.165) is 12.1 Å². The van der Waals surface area contributed by atoms with Crippen molar-refractivity contribution in [3.8, 4) is 0 Å². The molecule has 8 nitrogen and oxygen atoms in total. The maximum Gasteiger partial charge on any atom is 1.00 e. The van der Waals surface area contributed by atoms with E-state index in [-0.39, 0.29) is 122 Å². The maximum atomic E-state index is 10.3. The zero-order valence-corrected chi connectivity index (χ0v) is 19.1. The van der Waals surface area contributed by atoms with E-state index in [9.17, 15) is 19.8 Å². The van der Waals surface area contributed by atoms with Crippen molar-refractivity contribution in [2.45, 2.75) is 0 Å². The standard InChI is InChI=1S/C8H6O4.K.2Na.H3O4P/c9-7(10)5-3-1-2-4-6(5)8(11)12;;;;1-5(2,3)4/h1-4H,(H,9,10)(H,11,12);;;;(H3,1,2,3,4)/q;3*+1;/p-3. The topological polar surface area (TPSA) is 161 Å². The first-order valence-corrected chi connectivity index (χ1v) is 5.44. The second-order valence-corrected chi connectivity index (χ2v) is 3.59. The van der Waals surface area contributed by atoms with E-state index in [2.05, 4.69) is 0 Å². The molecule has 0 aliphatic heterocycles. The van der Waals surface area contributed by atoms with E-state index >= 15 is 0 Å². The van der Waals surface area contributed by atoms with Crippen LogP contribution in [0.1, 0.15) is 20.7 Å². The van der Waals surface area contributed by atoms with Crippen LogP contribution in [0, 0.1) is 0 Å². The molecular formula is C8H6KNa2O8P. The fourth-order valence-electron chi connectivity index (χ4n) is 0.839. The molecule has 0 bridgehead atoms. The number of carboxylic acids is 2. The van der Waals surface area contributed by atoms with E-state index in [4.69, 9.17) is 19.2 Å². The Kier molecular flexibility index (Phi) is 21.6. The third-order valence-corrected chi connectivity index (χ3v) is 1.37. The van der Waals surface area contributed by atoms with Gasteiger partial charge in [-0.25, -0.2) is 0 Å². The molecule has 20 heavy (non-hydrogen) atoms. The van der Waals surface area contributed by atoms with Crippen LogP contribution in [0.25, 0.3) is 0 Å². The summed E-state index contributed by atoms with van der Waals surface area (Å²) in [5.41, 5.74) is -0.727. The first kappa shape index (κ1) is 29.9. The van der Waals surface area contributed by atoms with E-state index in [1.807, 2.05) is 0 Å². The Labute approximate surface area is 201 Å². The van der Waals surface area contributed by atoms with Gasteiger partial charge in [0.25, 0.3) is 7.82 Å². The third kappa shape index (κ3) is 16.3. The Morgan fingerprint density at radius 1 is 0.950 bits per heavy atom. The Hall–Kier alpha value is 1.91. The van der Waals surface area contributed by atoms with Crippen LogP contribution in [-0.2, 0) is 4.57 Å². The third-order valence-electron chi connectivity index (χ3n) is 1.37. The molecular weight excluding hydrogens is 340 g/mol. The van der Waals surface area contributed by atoms with Gasteiger partial charge in [0.1, 0.15) is 0 Å². The van der Waals surface area contributed by atoms with Gasteiger partial charge in [0.05, 0.1) is 11.9 Å². The summed E-state index contributed by atoms with van der Waals surface area (Å²) in [6.45, 7) is 0. The minimum absolute atomic E-state index is 0. The second-order valence-electron chi connectivity index (χ2n) is 2.61. The molecule has 0 atom stereocenters. The number of carbonyl (C=O) groups excluding carboxylic acids is 2. The van der Waals surface area contributed by atoms with Gasteiger partial charge in [0.2, 0.25) is 0 Å². The average Bonchev–Trinajstić information content (AvgIpc) is 2.15. The van der Waals surface area contributed by atoms with Crippen LogP contribution in [0.5, 0.6) is 0 Å². The van der Waals surface area contributed by atoms with Crippen LogP contribution >= 0.6 is 7.82 Å². The predicted molar refractivity (Wildman–Crippen MR) is 47.1 cm³/mol. The monoisotopic (exact) mass is 346 g/mol. The van der Waals surface area contributed by atoms with Crippen molar-refractivity contribution in [1.82, 2.24) is 0 Å². The van der Waals surface area contributed by atoms with Crippen LogP contribution in [0.3, 0.4) is 0 Å². The number of hydrogen-bond acceptors (Lipinski definition) is 6. The minimum atomic E-state index is -4.89. The molecule has 1 aromatic rings.